The first-order chi connectivity index (χ1) is 9.06. The number of nitrogens with zero attached hydrogens (tertiary/aromatic N) is 1. The molecule has 0 radical (unpaired) electrons. The van der Waals surface area contributed by atoms with Gasteiger partial charge in [-0.15, -0.1) is 0 Å². The van der Waals surface area contributed by atoms with Gasteiger partial charge in [0.05, 0.1) is 11.0 Å². The van der Waals surface area contributed by atoms with E-state index in [2.05, 4.69) is 0 Å². The second-order valence-corrected chi connectivity index (χ2v) is 3.91. The van der Waals surface area contributed by atoms with Gasteiger partial charge in [-0.2, -0.15) is 0 Å². The molecule has 0 unspecified atom stereocenters. The molecule has 5 nitrogen and oxygen atoms in total. The molecular weight excluding hydrogens is 251 g/mol. The number of rotatable bonds is 4. The fraction of sp³-hybridized carbons (Fsp3) is 0.0769. The third-order valence-electron chi connectivity index (χ3n) is 2.47. The van der Waals surface area contributed by atoms with Crippen LogP contribution in [0.4, 0.5) is 15.8 Å². The zero-order valence-electron chi connectivity index (χ0n) is 9.88. The lowest BCUT2D eigenvalue weighted by atomic mass is 10.2. The third kappa shape index (κ3) is 3.19. The number of nitro benzene ring substituents is 1. The summed E-state index contributed by atoms with van der Waals surface area (Å²) in [5.74, 6) is -0.800. The van der Waals surface area contributed by atoms with Crippen LogP contribution in [0.3, 0.4) is 0 Å². The minimum atomic E-state index is -0.766. The SMILES string of the molecule is Nc1cccc(COc2ccc([N+](=O)[O-])cc2F)c1. The van der Waals surface area contributed by atoms with Crippen LogP contribution >= 0.6 is 0 Å². The predicted octanol–water partition coefficient (Wildman–Crippen LogP) is 2.90. The average Bonchev–Trinajstić information content (AvgIpc) is 2.37. The summed E-state index contributed by atoms with van der Waals surface area (Å²) in [5, 5.41) is 10.5. The van der Waals surface area contributed by atoms with E-state index >= 15 is 0 Å². The smallest absolute Gasteiger partial charge is 0.272 e. The van der Waals surface area contributed by atoms with Crippen LogP contribution in [0.2, 0.25) is 0 Å². The quantitative estimate of drug-likeness (QED) is 0.522. The van der Waals surface area contributed by atoms with Gasteiger partial charge in [-0.05, 0) is 23.8 Å². The molecule has 6 heteroatoms. The van der Waals surface area contributed by atoms with Crippen molar-refractivity contribution >= 4 is 11.4 Å². The lowest BCUT2D eigenvalue weighted by Crippen LogP contribution is -1.99. The Kier molecular flexibility index (Phi) is 3.61. The number of hydrogen-bond donors (Lipinski definition) is 1. The largest absolute Gasteiger partial charge is 0.486 e. The number of ether oxygens (including phenoxy) is 1. The molecule has 0 heterocycles. The standard InChI is InChI=1S/C13H11FN2O3/c14-12-7-11(16(17)18)4-5-13(12)19-8-9-2-1-3-10(15)6-9/h1-7H,8,15H2. The third-order valence-corrected chi connectivity index (χ3v) is 2.47. The van der Waals surface area contributed by atoms with Crippen LogP contribution in [0.1, 0.15) is 5.56 Å². The van der Waals surface area contributed by atoms with Gasteiger partial charge < -0.3 is 10.5 Å². The maximum Gasteiger partial charge on any atom is 0.272 e. The number of benzene rings is 2. The lowest BCUT2D eigenvalue weighted by Gasteiger charge is -2.07. The summed E-state index contributed by atoms with van der Waals surface area (Å²) < 4.78 is 18.8. The van der Waals surface area contributed by atoms with Crippen molar-refractivity contribution in [3.8, 4) is 5.75 Å². The topological polar surface area (TPSA) is 78.4 Å². The number of anilines is 1. The molecule has 0 aliphatic carbocycles. The molecule has 0 fully saturated rings. The van der Waals surface area contributed by atoms with E-state index in [0.29, 0.717) is 5.69 Å². The molecule has 2 aromatic rings. The number of nitrogens with two attached hydrogens (primary N) is 1. The zero-order chi connectivity index (χ0) is 13.8. The molecule has 0 spiro atoms. The monoisotopic (exact) mass is 262 g/mol. The maximum atomic E-state index is 13.5. The molecule has 2 rings (SSSR count). The second-order valence-electron chi connectivity index (χ2n) is 3.91. The van der Waals surface area contributed by atoms with Crippen LogP contribution in [0.25, 0.3) is 0 Å². The van der Waals surface area contributed by atoms with Crippen molar-refractivity contribution in [2.75, 3.05) is 5.73 Å². The Morgan fingerprint density at radius 2 is 2.05 bits per heavy atom. The Morgan fingerprint density at radius 1 is 1.26 bits per heavy atom. The van der Waals surface area contributed by atoms with Gasteiger partial charge in [0.25, 0.3) is 5.69 Å². The van der Waals surface area contributed by atoms with Crippen molar-refractivity contribution in [3.05, 3.63) is 64.0 Å². The van der Waals surface area contributed by atoms with E-state index in [9.17, 15) is 14.5 Å². The van der Waals surface area contributed by atoms with Crippen molar-refractivity contribution in [2.45, 2.75) is 6.61 Å². The van der Waals surface area contributed by atoms with Gasteiger partial charge in [-0.25, -0.2) is 4.39 Å². The summed E-state index contributed by atoms with van der Waals surface area (Å²) in [4.78, 5) is 9.80. The minimum absolute atomic E-state index is 0.0342. The normalized spacial score (nSPS) is 10.2. The van der Waals surface area contributed by atoms with Crippen LogP contribution in [0.5, 0.6) is 5.75 Å². The van der Waals surface area contributed by atoms with Gasteiger partial charge in [0.2, 0.25) is 0 Å². The molecule has 2 N–H and O–H groups in total. The number of hydrogen-bond acceptors (Lipinski definition) is 4. The molecule has 2 aromatic carbocycles. The van der Waals surface area contributed by atoms with Crippen LogP contribution in [0.15, 0.2) is 42.5 Å². The van der Waals surface area contributed by atoms with E-state index < -0.39 is 10.7 Å². The summed E-state index contributed by atoms with van der Waals surface area (Å²) in [6.45, 7) is 0.139. The first-order valence-electron chi connectivity index (χ1n) is 5.47. The molecule has 0 bridgehead atoms. The van der Waals surface area contributed by atoms with E-state index in [-0.39, 0.29) is 18.0 Å². The van der Waals surface area contributed by atoms with E-state index in [4.69, 9.17) is 10.5 Å². The van der Waals surface area contributed by atoms with Gasteiger partial charge in [0.15, 0.2) is 11.6 Å². The highest BCUT2D eigenvalue weighted by Crippen LogP contribution is 2.23. The van der Waals surface area contributed by atoms with E-state index in [0.717, 1.165) is 11.6 Å². The molecule has 98 valence electrons. The van der Waals surface area contributed by atoms with E-state index in [1.807, 2.05) is 0 Å². The number of halogens is 1. The van der Waals surface area contributed by atoms with E-state index in [1.165, 1.54) is 12.1 Å². The number of nitro groups is 1. The Labute approximate surface area is 108 Å². The van der Waals surface area contributed by atoms with Crippen molar-refractivity contribution in [3.63, 3.8) is 0 Å². The summed E-state index contributed by atoms with van der Waals surface area (Å²) >= 11 is 0. The fourth-order valence-corrected chi connectivity index (χ4v) is 1.56. The first kappa shape index (κ1) is 12.8. The zero-order valence-corrected chi connectivity index (χ0v) is 9.88. The van der Waals surface area contributed by atoms with Crippen LogP contribution in [0, 0.1) is 15.9 Å². The lowest BCUT2D eigenvalue weighted by molar-refractivity contribution is -0.385. The molecule has 0 aliphatic rings. The number of non-ortho nitro benzene ring substituents is 1. The highest BCUT2D eigenvalue weighted by atomic mass is 19.1. The van der Waals surface area contributed by atoms with Crippen LogP contribution < -0.4 is 10.5 Å². The Hall–Kier alpha value is -2.63. The molecule has 0 saturated carbocycles. The van der Waals surface area contributed by atoms with Crippen molar-refractivity contribution in [1.82, 2.24) is 0 Å². The maximum absolute atomic E-state index is 13.5. The molecular formula is C13H11FN2O3. The predicted molar refractivity (Wildman–Crippen MR) is 68.2 cm³/mol. The molecule has 0 saturated heterocycles. The van der Waals surface area contributed by atoms with Crippen molar-refractivity contribution < 1.29 is 14.1 Å². The van der Waals surface area contributed by atoms with Crippen LogP contribution in [-0.2, 0) is 6.61 Å². The van der Waals surface area contributed by atoms with Gasteiger partial charge >= 0.3 is 0 Å². The fourth-order valence-electron chi connectivity index (χ4n) is 1.56. The summed E-state index contributed by atoms with van der Waals surface area (Å²) in [6, 6.07) is 10.3. The molecule has 0 amide bonds. The molecule has 0 atom stereocenters. The van der Waals surface area contributed by atoms with Crippen molar-refractivity contribution in [1.29, 1.82) is 0 Å². The minimum Gasteiger partial charge on any atom is -0.486 e. The number of nitrogen functional groups attached to an aromatic ring is 1. The van der Waals surface area contributed by atoms with Crippen molar-refractivity contribution in [2.24, 2.45) is 0 Å². The van der Waals surface area contributed by atoms with Crippen LogP contribution in [-0.4, -0.2) is 4.92 Å². The Bertz CT molecular complexity index is 617. The molecule has 19 heavy (non-hydrogen) atoms. The Balaban J connectivity index is 2.10. The highest BCUT2D eigenvalue weighted by Gasteiger charge is 2.11. The molecule has 0 aliphatic heterocycles. The van der Waals surface area contributed by atoms with Gasteiger partial charge in [-0.1, -0.05) is 12.1 Å². The summed E-state index contributed by atoms with van der Waals surface area (Å²) in [6.07, 6.45) is 0. The van der Waals surface area contributed by atoms with Gasteiger partial charge in [0, 0.05) is 11.8 Å². The van der Waals surface area contributed by atoms with E-state index in [1.54, 1.807) is 24.3 Å². The highest BCUT2D eigenvalue weighted by molar-refractivity contribution is 5.41. The van der Waals surface area contributed by atoms with Gasteiger partial charge in [-0.3, -0.25) is 10.1 Å². The summed E-state index contributed by atoms with van der Waals surface area (Å²) in [7, 11) is 0. The Morgan fingerprint density at radius 3 is 2.68 bits per heavy atom. The molecule has 0 aromatic heterocycles. The summed E-state index contributed by atoms with van der Waals surface area (Å²) in [5.41, 5.74) is 6.67. The first-order valence-corrected chi connectivity index (χ1v) is 5.47. The second kappa shape index (κ2) is 5.34. The van der Waals surface area contributed by atoms with Gasteiger partial charge in [0.1, 0.15) is 6.61 Å². The average molecular weight is 262 g/mol.